The number of para-hydroxylation sites is 1. The molecule has 28 heavy (non-hydrogen) atoms. The molecule has 2 heterocycles. The van der Waals surface area contributed by atoms with E-state index in [2.05, 4.69) is 10.3 Å². The van der Waals surface area contributed by atoms with Gasteiger partial charge in [0.15, 0.2) is 4.96 Å². The number of amides is 1. The maximum atomic E-state index is 12.6. The molecule has 0 aliphatic rings. The standard InChI is InChI=1S/C22H21N3O2S/c1-14-5-4-6-15(2)21(14)24-20(26)11-17-13-28-22-23-19(12-25(17)22)16-7-9-18(27-3)10-8-16/h4-10,12-13H,11H2,1-3H3,(H,24,26). The molecule has 0 radical (unpaired) electrons. The van der Waals surface area contributed by atoms with Gasteiger partial charge in [-0.25, -0.2) is 4.98 Å². The first-order chi connectivity index (χ1) is 13.5. The second kappa shape index (κ2) is 7.48. The Hall–Kier alpha value is -3.12. The number of aryl methyl sites for hydroxylation is 2. The van der Waals surface area contributed by atoms with Gasteiger partial charge in [0.1, 0.15) is 5.75 Å². The third-order valence-electron chi connectivity index (χ3n) is 4.76. The van der Waals surface area contributed by atoms with E-state index in [4.69, 9.17) is 4.74 Å². The number of nitrogens with one attached hydrogen (secondary N) is 1. The van der Waals surface area contributed by atoms with Crippen LogP contribution in [0.15, 0.2) is 54.0 Å². The minimum atomic E-state index is -0.0307. The minimum Gasteiger partial charge on any atom is -0.497 e. The van der Waals surface area contributed by atoms with Gasteiger partial charge in [-0.1, -0.05) is 18.2 Å². The number of fused-ring (bicyclic) bond motifs is 1. The van der Waals surface area contributed by atoms with Gasteiger partial charge in [0.25, 0.3) is 0 Å². The third-order valence-corrected chi connectivity index (χ3v) is 5.65. The number of imidazole rings is 1. The van der Waals surface area contributed by atoms with Crippen molar-refractivity contribution in [2.24, 2.45) is 0 Å². The third kappa shape index (κ3) is 3.51. The number of anilines is 1. The largest absolute Gasteiger partial charge is 0.497 e. The minimum absolute atomic E-state index is 0.0307. The molecule has 0 atom stereocenters. The van der Waals surface area contributed by atoms with Crippen molar-refractivity contribution >= 4 is 27.9 Å². The van der Waals surface area contributed by atoms with Gasteiger partial charge in [-0.3, -0.25) is 9.20 Å². The summed E-state index contributed by atoms with van der Waals surface area (Å²) in [5, 5.41) is 5.04. The number of hydrogen-bond donors (Lipinski definition) is 1. The van der Waals surface area contributed by atoms with E-state index in [0.29, 0.717) is 6.42 Å². The number of carbonyl (C=O) groups is 1. The van der Waals surface area contributed by atoms with E-state index in [1.54, 1.807) is 7.11 Å². The average molecular weight is 391 g/mol. The second-order valence-electron chi connectivity index (χ2n) is 6.73. The Morgan fingerprint density at radius 2 is 1.86 bits per heavy atom. The lowest BCUT2D eigenvalue weighted by atomic mass is 10.1. The van der Waals surface area contributed by atoms with E-state index in [-0.39, 0.29) is 5.91 Å². The fourth-order valence-corrected chi connectivity index (χ4v) is 4.09. The van der Waals surface area contributed by atoms with Gasteiger partial charge in [0.05, 0.1) is 19.2 Å². The van der Waals surface area contributed by atoms with E-state index >= 15 is 0 Å². The lowest BCUT2D eigenvalue weighted by molar-refractivity contribution is -0.115. The highest BCUT2D eigenvalue weighted by atomic mass is 32.1. The molecule has 0 aliphatic heterocycles. The lowest BCUT2D eigenvalue weighted by Gasteiger charge is -2.11. The van der Waals surface area contributed by atoms with Crippen LogP contribution < -0.4 is 10.1 Å². The number of aromatic nitrogens is 2. The smallest absolute Gasteiger partial charge is 0.230 e. The van der Waals surface area contributed by atoms with Crippen molar-refractivity contribution in [1.29, 1.82) is 0 Å². The molecule has 5 nitrogen and oxygen atoms in total. The normalized spacial score (nSPS) is 11.0. The Bertz CT molecular complexity index is 1120. The van der Waals surface area contributed by atoms with Crippen LogP contribution in [0.2, 0.25) is 0 Å². The van der Waals surface area contributed by atoms with Gasteiger partial charge in [-0.05, 0) is 49.2 Å². The molecule has 2 aromatic carbocycles. The van der Waals surface area contributed by atoms with Gasteiger partial charge < -0.3 is 10.1 Å². The SMILES string of the molecule is COc1ccc(-c2cn3c(CC(=O)Nc4c(C)cccc4C)csc3n2)cc1. The Morgan fingerprint density at radius 3 is 2.54 bits per heavy atom. The van der Waals surface area contributed by atoms with E-state index in [1.165, 1.54) is 11.3 Å². The van der Waals surface area contributed by atoms with Gasteiger partial charge in [0, 0.05) is 28.5 Å². The Labute approximate surface area is 167 Å². The fourth-order valence-electron chi connectivity index (χ4n) is 3.22. The van der Waals surface area contributed by atoms with Crippen molar-refractivity contribution < 1.29 is 9.53 Å². The molecule has 0 bridgehead atoms. The predicted molar refractivity (Wildman–Crippen MR) is 113 cm³/mol. The number of carbonyl (C=O) groups excluding carboxylic acids is 1. The summed E-state index contributed by atoms with van der Waals surface area (Å²) in [6.45, 7) is 4.00. The Balaban J connectivity index is 1.56. The molecule has 0 saturated carbocycles. The molecule has 142 valence electrons. The maximum absolute atomic E-state index is 12.6. The zero-order chi connectivity index (χ0) is 19.7. The summed E-state index contributed by atoms with van der Waals surface area (Å²) in [6, 6.07) is 13.8. The van der Waals surface area contributed by atoms with Crippen molar-refractivity contribution in [1.82, 2.24) is 9.38 Å². The van der Waals surface area contributed by atoms with Crippen LogP contribution in [-0.4, -0.2) is 22.4 Å². The van der Waals surface area contributed by atoms with Crippen molar-refractivity contribution in [3.8, 4) is 17.0 Å². The maximum Gasteiger partial charge on any atom is 0.230 e. The number of hydrogen-bond acceptors (Lipinski definition) is 4. The lowest BCUT2D eigenvalue weighted by Crippen LogP contribution is -2.16. The first-order valence-corrected chi connectivity index (χ1v) is 9.89. The van der Waals surface area contributed by atoms with E-state index in [1.807, 2.05) is 72.3 Å². The van der Waals surface area contributed by atoms with Gasteiger partial charge in [0.2, 0.25) is 5.91 Å². The van der Waals surface area contributed by atoms with Crippen LogP contribution >= 0.6 is 11.3 Å². The summed E-state index contributed by atoms with van der Waals surface area (Å²) in [4.78, 5) is 18.2. The van der Waals surface area contributed by atoms with E-state index in [0.717, 1.165) is 44.5 Å². The van der Waals surface area contributed by atoms with Crippen LogP contribution in [0.3, 0.4) is 0 Å². The highest BCUT2D eigenvalue weighted by Gasteiger charge is 2.14. The van der Waals surface area contributed by atoms with Gasteiger partial charge in [-0.2, -0.15) is 0 Å². The number of methoxy groups -OCH3 is 1. The number of rotatable bonds is 5. The predicted octanol–water partition coefficient (Wildman–Crippen LogP) is 4.87. The van der Waals surface area contributed by atoms with Crippen molar-refractivity contribution in [3.05, 3.63) is 70.9 Å². The zero-order valence-corrected chi connectivity index (χ0v) is 16.8. The molecule has 0 aliphatic carbocycles. The highest BCUT2D eigenvalue weighted by Crippen LogP contribution is 2.26. The van der Waals surface area contributed by atoms with E-state index < -0.39 is 0 Å². The average Bonchev–Trinajstić information content (AvgIpc) is 3.27. The van der Waals surface area contributed by atoms with Gasteiger partial charge in [-0.15, -0.1) is 11.3 Å². The summed E-state index contributed by atoms with van der Waals surface area (Å²) in [5.41, 5.74) is 5.84. The van der Waals surface area contributed by atoms with Crippen LogP contribution in [0.4, 0.5) is 5.69 Å². The first kappa shape index (κ1) is 18.3. The number of benzene rings is 2. The second-order valence-corrected chi connectivity index (χ2v) is 7.56. The number of ether oxygens (including phenoxy) is 1. The van der Waals surface area contributed by atoms with Crippen molar-refractivity contribution in [2.75, 3.05) is 12.4 Å². The van der Waals surface area contributed by atoms with E-state index in [9.17, 15) is 4.79 Å². The van der Waals surface area contributed by atoms with Crippen LogP contribution in [0.25, 0.3) is 16.2 Å². The summed E-state index contributed by atoms with van der Waals surface area (Å²) >= 11 is 1.54. The molecule has 0 spiro atoms. The molecule has 4 rings (SSSR count). The molecule has 0 fully saturated rings. The van der Waals surface area contributed by atoms with Crippen LogP contribution in [-0.2, 0) is 11.2 Å². The summed E-state index contributed by atoms with van der Waals surface area (Å²) < 4.78 is 7.20. The van der Waals surface area contributed by atoms with Crippen molar-refractivity contribution in [3.63, 3.8) is 0 Å². The van der Waals surface area contributed by atoms with Gasteiger partial charge >= 0.3 is 0 Å². The molecule has 0 saturated heterocycles. The number of nitrogens with zero attached hydrogens (tertiary/aromatic N) is 2. The number of thiazole rings is 1. The Kier molecular flexibility index (Phi) is 4.88. The summed E-state index contributed by atoms with van der Waals surface area (Å²) in [5.74, 6) is 0.783. The molecule has 1 N–H and O–H groups in total. The van der Waals surface area contributed by atoms with Crippen LogP contribution in [0, 0.1) is 13.8 Å². The molecule has 2 aromatic heterocycles. The summed E-state index contributed by atoms with van der Waals surface area (Å²) in [6.07, 6.45) is 2.28. The topological polar surface area (TPSA) is 55.6 Å². The quantitative estimate of drug-likeness (QED) is 0.528. The molecule has 0 unspecified atom stereocenters. The van der Waals surface area contributed by atoms with Crippen molar-refractivity contribution in [2.45, 2.75) is 20.3 Å². The molecular formula is C22H21N3O2S. The molecule has 6 heteroatoms. The molecular weight excluding hydrogens is 370 g/mol. The fraction of sp³-hybridized carbons (Fsp3) is 0.182. The van der Waals surface area contributed by atoms with Crippen LogP contribution in [0.1, 0.15) is 16.8 Å². The summed E-state index contributed by atoms with van der Waals surface area (Å²) in [7, 11) is 1.65. The molecule has 1 amide bonds. The monoisotopic (exact) mass is 391 g/mol. The molecule has 4 aromatic rings. The Morgan fingerprint density at radius 1 is 1.14 bits per heavy atom. The first-order valence-electron chi connectivity index (χ1n) is 9.01. The zero-order valence-electron chi connectivity index (χ0n) is 16.0. The van der Waals surface area contributed by atoms with Crippen LogP contribution in [0.5, 0.6) is 5.75 Å². The highest BCUT2D eigenvalue weighted by molar-refractivity contribution is 7.15.